The second-order valence-electron chi connectivity index (χ2n) is 5.26. The fourth-order valence-corrected chi connectivity index (χ4v) is 2.56. The van der Waals surface area contributed by atoms with Crippen LogP contribution in [0.4, 0.5) is 4.39 Å². The normalized spacial score (nSPS) is 15.1. The largest absolute Gasteiger partial charge is 0.349 e. The van der Waals surface area contributed by atoms with Gasteiger partial charge < -0.3 is 5.32 Å². The number of aromatic nitrogens is 2. The quantitative estimate of drug-likeness (QED) is 0.943. The molecule has 1 heterocycles. The lowest BCUT2D eigenvalue weighted by molar-refractivity contribution is 0.0937. The van der Waals surface area contributed by atoms with Gasteiger partial charge >= 0.3 is 0 Å². The molecule has 0 atom stereocenters. The van der Waals surface area contributed by atoms with Gasteiger partial charge in [-0.1, -0.05) is 25.0 Å². The fourth-order valence-electron chi connectivity index (χ4n) is 2.56. The monoisotopic (exact) mass is 285 g/mol. The van der Waals surface area contributed by atoms with Crippen LogP contribution in [0.1, 0.15) is 36.0 Å². The highest BCUT2D eigenvalue weighted by molar-refractivity contribution is 5.93. The minimum Gasteiger partial charge on any atom is -0.349 e. The van der Waals surface area contributed by atoms with E-state index in [2.05, 4.69) is 15.3 Å². The molecular weight excluding hydrogens is 269 g/mol. The van der Waals surface area contributed by atoms with Gasteiger partial charge in [0.1, 0.15) is 5.82 Å². The van der Waals surface area contributed by atoms with Gasteiger partial charge in [0, 0.05) is 24.0 Å². The molecule has 21 heavy (non-hydrogen) atoms. The van der Waals surface area contributed by atoms with E-state index in [4.69, 9.17) is 0 Å². The van der Waals surface area contributed by atoms with Gasteiger partial charge in [-0.15, -0.1) is 0 Å². The molecule has 4 nitrogen and oxygen atoms in total. The molecule has 1 fully saturated rings. The SMILES string of the molecule is O=C(NC1CCCC1)c1cnc(-c2cccc(F)c2)nc1. The zero-order valence-electron chi connectivity index (χ0n) is 11.6. The Labute approximate surface area is 122 Å². The summed E-state index contributed by atoms with van der Waals surface area (Å²) < 4.78 is 13.2. The number of nitrogens with zero attached hydrogens (tertiary/aromatic N) is 2. The third-order valence-corrected chi connectivity index (χ3v) is 3.69. The molecular formula is C16H16FN3O. The molecule has 0 bridgehead atoms. The Balaban J connectivity index is 1.72. The smallest absolute Gasteiger partial charge is 0.254 e. The number of rotatable bonds is 3. The molecule has 0 spiro atoms. The van der Waals surface area contributed by atoms with Crippen LogP contribution in [0.2, 0.25) is 0 Å². The molecule has 0 aliphatic heterocycles. The lowest BCUT2D eigenvalue weighted by Gasteiger charge is -2.11. The zero-order chi connectivity index (χ0) is 14.7. The van der Waals surface area contributed by atoms with E-state index >= 15 is 0 Å². The molecule has 0 radical (unpaired) electrons. The van der Waals surface area contributed by atoms with Crippen LogP contribution in [0.3, 0.4) is 0 Å². The third kappa shape index (κ3) is 3.24. The van der Waals surface area contributed by atoms with Crippen LogP contribution in [-0.4, -0.2) is 21.9 Å². The molecule has 1 aromatic heterocycles. The second-order valence-corrected chi connectivity index (χ2v) is 5.26. The summed E-state index contributed by atoms with van der Waals surface area (Å²) in [4.78, 5) is 20.3. The Hall–Kier alpha value is -2.30. The van der Waals surface area contributed by atoms with Gasteiger partial charge in [0.25, 0.3) is 5.91 Å². The van der Waals surface area contributed by atoms with Crippen molar-refractivity contribution in [1.82, 2.24) is 15.3 Å². The van der Waals surface area contributed by atoms with Crippen molar-refractivity contribution in [2.45, 2.75) is 31.7 Å². The maximum absolute atomic E-state index is 13.2. The Morgan fingerprint density at radius 2 is 1.90 bits per heavy atom. The standard InChI is InChI=1S/C16H16FN3O/c17-13-5-3-4-11(8-13)15-18-9-12(10-19-15)16(21)20-14-6-1-2-7-14/h3-5,8-10,14H,1-2,6-7H2,(H,20,21). The number of nitrogens with one attached hydrogen (secondary N) is 1. The summed E-state index contributed by atoms with van der Waals surface area (Å²) in [5, 5.41) is 2.98. The molecule has 1 aliphatic rings. The summed E-state index contributed by atoms with van der Waals surface area (Å²) >= 11 is 0. The van der Waals surface area contributed by atoms with Gasteiger partial charge in [0.2, 0.25) is 0 Å². The average Bonchev–Trinajstić information content (AvgIpc) is 3.00. The van der Waals surface area contributed by atoms with Gasteiger partial charge in [-0.3, -0.25) is 4.79 Å². The number of amides is 1. The highest BCUT2D eigenvalue weighted by Gasteiger charge is 2.18. The summed E-state index contributed by atoms with van der Waals surface area (Å²) in [5.74, 6) is -0.0706. The van der Waals surface area contributed by atoms with Crippen molar-refractivity contribution < 1.29 is 9.18 Å². The van der Waals surface area contributed by atoms with Crippen LogP contribution in [-0.2, 0) is 0 Å². The first-order chi connectivity index (χ1) is 10.2. The number of carbonyl (C=O) groups excluding carboxylic acids is 1. The second kappa shape index (κ2) is 5.99. The third-order valence-electron chi connectivity index (χ3n) is 3.69. The van der Waals surface area contributed by atoms with E-state index in [1.54, 1.807) is 12.1 Å². The van der Waals surface area contributed by atoms with E-state index in [1.807, 2.05) is 0 Å². The first-order valence-corrected chi connectivity index (χ1v) is 7.11. The predicted octanol–water partition coefficient (Wildman–Crippen LogP) is 2.96. The molecule has 0 unspecified atom stereocenters. The molecule has 3 rings (SSSR count). The van der Waals surface area contributed by atoms with Crippen molar-refractivity contribution in [2.24, 2.45) is 0 Å². The van der Waals surface area contributed by atoms with Gasteiger partial charge in [-0.05, 0) is 25.0 Å². The van der Waals surface area contributed by atoms with E-state index in [0.29, 0.717) is 17.0 Å². The van der Waals surface area contributed by atoms with Crippen molar-refractivity contribution in [2.75, 3.05) is 0 Å². The Morgan fingerprint density at radius 3 is 2.57 bits per heavy atom. The van der Waals surface area contributed by atoms with Crippen molar-refractivity contribution >= 4 is 5.91 Å². The predicted molar refractivity (Wildman–Crippen MR) is 77.1 cm³/mol. The molecule has 1 aliphatic carbocycles. The number of halogens is 1. The number of benzene rings is 1. The van der Waals surface area contributed by atoms with Crippen molar-refractivity contribution in [3.05, 3.63) is 48.0 Å². The van der Waals surface area contributed by atoms with Crippen molar-refractivity contribution in [1.29, 1.82) is 0 Å². The van der Waals surface area contributed by atoms with Gasteiger partial charge in [-0.25, -0.2) is 14.4 Å². The minimum atomic E-state index is -0.334. The van der Waals surface area contributed by atoms with Crippen LogP contribution < -0.4 is 5.32 Å². The Morgan fingerprint density at radius 1 is 1.19 bits per heavy atom. The highest BCUT2D eigenvalue weighted by atomic mass is 19.1. The highest BCUT2D eigenvalue weighted by Crippen LogP contribution is 2.18. The zero-order valence-corrected chi connectivity index (χ0v) is 11.6. The van der Waals surface area contributed by atoms with Gasteiger partial charge in [0.15, 0.2) is 5.82 Å². The van der Waals surface area contributed by atoms with E-state index in [1.165, 1.54) is 37.4 Å². The molecule has 1 N–H and O–H groups in total. The molecule has 108 valence electrons. The van der Waals surface area contributed by atoms with E-state index in [9.17, 15) is 9.18 Å². The lowest BCUT2D eigenvalue weighted by Crippen LogP contribution is -2.32. The summed E-state index contributed by atoms with van der Waals surface area (Å²) in [6.45, 7) is 0. The van der Waals surface area contributed by atoms with Crippen LogP contribution in [0.15, 0.2) is 36.7 Å². The maximum Gasteiger partial charge on any atom is 0.254 e. The summed E-state index contributed by atoms with van der Waals surface area (Å²) in [6.07, 6.45) is 7.37. The molecule has 0 saturated heterocycles. The molecule has 2 aromatic rings. The molecule has 1 aromatic carbocycles. The number of hydrogen-bond acceptors (Lipinski definition) is 3. The van der Waals surface area contributed by atoms with Crippen LogP contribution >= 0.6 is 0 Å². The molecule has 1 amide bonds. The first-order valence-electron chi connectivity index (χ1n) is 7.11. The van der Waals surface area contributed by atoms with Gasteiger partial charge in [-0.2, -0.15) is 0 Å². The van der Waals surface area contributed by atoms with Crippen molar-refractivity contribution in [3.8, 4) is 11.4 Å². The molecule has 5 heteroatoms. The number of hydrogen-bond donors (Lipinski definition) is 1. The Bertz CT molecular complexity index is 636. The first kappa shape index (κ1) is 13.7. The summed E-state index contributed by atoms with van der Waals surface area (Å²) in [7, 11) is 0. The summed E-state index contributed by atoms with van der Waals surface area (Å²) in [6, 6.07) is 6.34. The minimum absolute atomic E-state index is 0.146. The van der Waals surface area contributed by atoms with Crippen LogP contribution in [0.5, 0.6) is 0 Å². The Kier molecular flexibility index (Phi) is 3.90. The maximum atomic E-state index is 13.2. The van der Waals surface area contributed by atoms with Crippen LogP contribution in [0.25, 0.3) is 11.4 Å². The van der Waals surface area contributed by atoms with E-state index in [0.717, 1.165) is 12.8 Å². The number of carbonyl (C=O) groups is 1. The van der Waals surface area contributed by atoms with Crippen molar-refractivity contribution in [3.63, 3.8) is 0 Å². The molecule has 1 saturated carbocycles. The topological polar surface area (TPSA) is 54.9 Å². The van der Waals surface area contributed by atoms with Gasteiger partial charge in [0.05, 0.1) is 5.56 Å². The van der Waals surface area contributed by atoms with E-state index in [-0.39, 0.29) is 17.8 Å². The average molecular weight is 285 g/mol. The van der Waals surface area contributed by atoms with Crippen LogP contribution in [0, 0.1) is 5.82 Å². The fraction of sp³-hybridized carbons (Fsp3) is 0.312. The van der Waals surface area contributed by atoms with E-state index < -0.39 is 0 Å². The lowest BCUT2D eigenvalue weighted by atomic mass is 10.2. The summed E-state index contributed by atoms with van der Waals surface area (Å²) in [5.41, 5.74) is 1.03.